The molecule has 1 saturated carbocycles. The minimum absolute atomic E-state index is 0.0684. The second-order valence-electron chi connectivity index (χ2n) is 9.03. The Labute approximate surface area is 202 Å². The van der Waals surface area contributed by atoms with E-state index in [1.807, 2.05) is 54.9 Å². The topological polar surface area (TPSA) is 88.9 Å². The van der Waals surface area contributed by atoms with Crippen molar-refractivity contribution < 1.29 is 9.59 Å². The molecule has 7 nitrogen and oxygen atoms in total. The van der Waals surface area contributed by atoms with Crippen LogP contribution in [0, 0.1) is 12.8 Å². The lowest BCUT2D eigenvalue weighted by molar-refractivity contribution is -0.117. The van der Waals surface area contributed by atoms with Crippen molar-refractivity contribution in [3.05, 3.63) is 64.7 Å². The molecule has 8 heteroatoms. The molecule has 2 amide bonds. The van der Waals surface area contributed by atoms with Crippen LogP contribution in [-0.2, 0) is 11.3 Å². The molecule has 0 spiro atoms. The molecule has 0 atom stereocenters. The van der Waals surface area contributed by atoms with Gasteiger partial charge in [0.15, 0.2) is 5.65 Å². The van der Waals surface area contributed by atoms with Gasteiger partial charge in [-0.3, -0.25) is 9.59 Å². The Hall–Kier alpha value is -3.52. The number of benzene rings is 1. The van der Waals surface area contributed by atoms with Crippen molar-refractivity contribution in [3.8, 4) is 10.6 Å². The second-order valence-corrected chi connectivity index (χ2v) is 10.3. The van der Waals surface area contributed by atoms with Crippen LogP contribution < -0.4 is 10.6 Å². The number of pyridine rings is 1. The molecule has 34 heavy (non-hydrogen) atoms. The molecule has 4 aromatic rings. The molecule has 0 bridgehead atoms. The van der Waals surface area contributed by atoms with Crippen molar-refractivity contribution in [3.63, 3.8) is 0 Å². The van der Waals surface area contributed by atoms with Gasteiger partial charge in [0.25, 0.3) is 5.91 Å². The van der Waals surface area contributed by atoms with E-state index in [9.17, 15) is 9.59 Å². The minimum Gasteiger partial charge on any atom is -0.348 e. The number of aryl methyl sites for hydroxylation is 1. The van der Waals surface area contributed by atoms with Gasteiger partial charge in [-0.25, -0.2) is 9.67 Å². The molecule has 0 radical (unpaired) electrons. The number of hydrogen-bond donors (Lipinski definition) is 2. The summed E-state index contributed by atoms with van der Waals surface area (Å²) < 4.78 is 1.85. The van der Waals surface area contributed by atoms with E-state index in [1.54, 1.807) is 17.5 Å². The van der Waals surface area contributed by atoms with Crippen LogP contribution in [0.15, 0.2) is 48.7 Å². The molecule has 3 heterocycles. The number of carbonyl (C=O) groups is 2. The maximum atomic E-state index is 13.3. The fourth-order valence-electron chi connectivity index (χ4n) is 3.91. The quantitative estimate of drug-likeness (QED) is 0.380. The molecule has 1 aromatic carbocycles. The zero-order valence-corrected chi connectivity index (χ0v) is 20.3. The monoisotopic (exact) mass is 473 g/mol. The third kappa shape index (κ3) is 4.59. The first-order valence-electron chi connectivity index (χ1n) is 11.5. The summed E-state index contributed by atoms with van der Waals surface area (Å²) in [7, 11) is 0. The highest BCUT2D eigenvalue weighted by Crippen LogP contribution is 2.31. The lowest BCUT2D eigenvalue weighted by atomic mass is 10.1. The molecule has 3 aromatic heterocycles. The number of carbonyl (C=O) groups excluding carboxylic acids is 2. The summed E-state index contributed by atoms with van der Waals surface area (Å²) in [5, 5.41) is 11.2. The predicted octanol–water partition coefficient (Wildman–Crippen LogP) is 5.33. The van der Waals surface area contributed by atoms with E-state index >= 15 is 0 Å². The Morgan fingerprint density at radius 3 is 2.71 bits per heavy atom. The molecule has 2 N–H and O–H groups in total. The van der Waals surface area contributed by atoms with E-state index in [4.69, 9.17) is 4.98 Å². The van der Waals surface area contributed by atoms with Gasteiger partial charge in [0.2, 0.25) is 5.91 Å². The average Bonchev–Trinajstić information content (AvgIpc) is 3.44. The van der Waals surface area contributed by atoms with Crippen LogP contribution in [0.1, 0.15) is 53.5 Å². The van der Waals surface area contributed by atoms with Gasteiger partial charge in [0.1, 0.15) is 0 Å². The Morgan fingerprint density at radius 2 is 2.00 bits per heavy atom. The van der Waals surface area contributed by atoms with Crippen molar-refractivity contribution in [1.82, 2.24) is 20.1 Å². The number of hydrogen-bond acceptors (Lipinski definition) is 5. The molecule has 0 aliphatic heterocycles. The largest absolute Gasteiger partial charge is 0.348 e. The summed E-state index contributed by atoms with van der Waals surface area (Å²) >= 11 is 1.65. The van der Waals surface area contributed by atoms with E-state index < -0.39 is 0 Å². The highest BCUT2D eigenvalue weighted by molar-refractivity contribution is 7.15. The van der Waals surface area contributed by atoms with Crippen LogP contribution in [0.2, 0.25) is 0 Å². The fraction of sp³-hybridized carbons (Fsp3) is 0.308. The van der Waals surface area contributed by atoms with Gasteiger partial charge in [-0.15, -0.1) is 11.3 Å². The van der Waals surface area contributed by atoms with Crippen LogP contribution in [0.25, 0.3) is 21.6 Å². The number of nitrogens with zero attached hydrogens (tertiary/aromatic N) is 3. The van der Waals surface area contributed by atoms with Gasteiger partial charge < -0.3 is 10.6 Å². The SMILES string of the molecule is Cc1ccc(-c2cc(C(=O)NCc3cccc(NC(=O)C4CC4)c3)c3cnn(C(C)C)c3n2)s1. The van der Waals surface area contributed by atoms with E-state index in [1.165, 1.54) is 4.88 Å². The van der Waals surface area contributed by atoms with E-state index in [2.05, 4.69) is 28.7 Å². The Bertz CT molecular complexity index is 1380. The predicted molar refractivity (Wildman–Crippen MR) is 135 cm³/mol. The first-order valence-corrected chi connectivity index (χ1v) is 12.3. The molecule has 5 rings (SSSR count). The van der Waals surface area contributed by atoms with Gasteiger partial charge in [0, 0.05) is 29.1 Å². The van der Waals surface area contributed by atoms with Gasteiger partial charge in [-0.05, 0) is 69.5 Å². The van der Waals surface area contributed by atoms with Crippen LogP contribution in [0.4, 0.5) is 5.69 Å². The minimum atomic E-state index is -0.183. The summed E-state index contributed by atoms with van der Waals surface area (Å²) in [5.74, 6) is 0.0297. The van der Waals surface area contributed by atoms with Gasteiger partial charge in [-0.1, -0.05) is 12.1 Å². The highest BCUT2D eigenvalue weighted by Gasteiger charge is 2.29. The average molecular weight is 474 g/mol. The maximum Gasteiger partial charge on any atom is 0.252 e. The normalized spacial score (nSPS) is 13.4. The lowest BCUT2D eigenvalue weighted by Crippen LogP contribution is -2.23. The lowest BCUT2D eigenvalue weighted by Gasteiger charge is -2.11. The van der Waals surface area contributed by atoms with Crippen LogP contribution in [0.5, 0.6) is 0 Å². The summed E-state index contributed by atoms with van der Waals surface area (Å²) in [5.41, 5.74) is 3.69. The Kier molecular flexibility index (Phi) is 5.91. The summed E-state index contributed by atoms with van der Waals surface area (Å²) in [6.07, 6.45) is 3.64. The Balaban J connectivity index is 1.41. The van der Waals surface area contributed by atoms with E-state index in [0.717, 1.165) is 40.0 Å². The van der Waals surface area contributed by atoms with Gasteiger partial charge in [-0.2, -0.15) is 5.10 Å². The van der Waals surface area contributed by atoms with Crippen molar-refractivity contribution in [2.75, 3.05) is 5.32 Å². The van der Waals surface area contributed by atoms with Gasteiger partial charge in [0.05, 0.1) is 27.7 Å². The van der Waals surface area contributed by atoms with Crippen molar-refractivity contribution in [2.45, 2.75) is 46.2 Å². The first kappa shape index (κ1) is 22.3. The van der Waals surface area contributed by atoms with Crippen LogP contribution >= 0.6 is 11.3 Å². The summed E-state index contributed by atoms with van der Waals surface area (Å²) in [6, 6.07) is 13.7. The van der Waals surface area contributed by atoms with Gasteiger partial charge >= 0.3 is 0 Å². The molecule has 1 aliphatic rings. The fourth-order valence-corrected chi connectivity index (χ4v) is 4.74. The highest BCUT2D eigenvalue weighted by atomic mass is 32.1. The second kappa shape index (κ2) is 9.02. The number of rotatable bonds is 7. The number of amides is 2. The van der Waals surface area contributed by atoms with Crippen molar-refractivity contribution >= 4 is 39.9 Å². The zero-order valence-electron chi connectivity index (χ0n) is 19.5. The molecule has 174 valence electrons. The molecule has 0 saturated heterocycles. The number of fused-ring (bicyclic) bond motifs is 1. The number of anilines is 1. The number of thiophene rings is 1. The van der Waals surface area contributed by atoms with Crippen molar-refractivity contribution in [1.29, 1.82) is 0 Å². The molecule has 1 fully saturated rings. The van der Waals surface area contributed by atoms with Crippen LogP contribution in [0.3, 0.4) is 0 Å². The number of nitrogens with one attached hydrogen (secondary N) is 2. The molecular formula is C26H27N5O2S. The third-order valence-electron chi connectivity index (χ3n) is 5.89. The molecule has 0 unspecified atom stereocenters. The smallest absolute Gasteiger partial charge is 0.252 e. The Morgan fingerprint density at radius 1 is 1.18 bits per heavy atom. The standard InChI is InChI=1S/C26H27N5O2S/c1-15(2)31-24-21(14-28-31)20(12-22(30-24)23-10-7-16(3)34-23)26(33)27-13-17-5-4-6-19(11-17)29-25(32)18-8-9-18/h4-7,10-12,14-15,18H,8-9,13H2,1-3H3,(H,27,33)(H,29,32). The third-order valence-corrected chi connectivity index (χ3v) is 6.91. The first-order chi connectivity index (χ1) is 16.4. The van der Waals surface area contributed by atoms with E-state index in [-0.39, 0.29) is 23.8 Å². The number of aromatic nitrogens is 3. The maximum absolute atomic E-state index is 13.3. The van der Waals surface area contributed by atoms with E-state index in [0.29, 0.717) is 17.8 Å². The molecular weight excluding hydrogens is 446 g/mol. The summed E-state index contributed by atoms with van der Waals surface area (Å²) in [4.78, 5) is 32.4. The van der Waals surface area contributed by atoms with Crippen LogP contribution in [-0.4, -0.2) is 26.6 Å². The zero-order chi connectivity index (χ0) is 23.8. The molecule has 1 aliphatic carbocycles. The van der Waals surface area contributed by atoms with Crippen molar-refractivity contribution in [2.24, 2.45) is 5.92 Å². The summed E-state index contributed by atoms with van der Waals surface area (Å²) in [6.45, 7) is 6.50.